The Labute approximate surface area is 156 Å². The summed E-state index contributed by atoms with van der Waals surface area (Å²) >= 11 is 4.22. The molecule has 2 heterocycles. The second-order valence-corrected chi connectivity index (χ2v) is 7.07. The topological polar surface area (TPSA) is 79.7 Å². The van der Waals surface area contributed by atoms with E-state index in [9.17, 15) is 14.7 Å². The van der Waals surface area contributed by atoms with Crippen LogP contribution >= 0.6 is 27.7 Å². The number of aromatic hydroxyl groups is 1. The summed E-state index contributed by atoms with van der Waals surface area (Å²) in [4.78, 5) is 28.9. The van der Waals surface area contributed by atoms with Gasteiger partial charge in [-0.3, -0.25) is 19.5 Å². The highest BCUT2D eigenvalue weighted by Crippen LogP contribution is 2.37. The van der Waals surface area contributed by atoms with Crippen LogP contribution in [-0.2, 0) is 11.4 Å². The third kappa shape index (κ3) is 3.85. The van der Waals surface area contributed by atoms with Gasteiger partial charge in [-0.1, -0.05) is 15.9 Å². The van der Waals surface area contributed by atoms with Crippen LogP contribution in [0.15, 0.2) is 46.0 Å². The maximum Gasteiger partial charge on any atom is 0.293 e. The van der Waals surface area contributed by atoms with Crippen LogP contribution in [0.2, 0.25) is 0 Å². The minimum Gasteiger partial charge on any atom is -0.504 e. The molecule has 0 atom stereocenters. The van der Waals surface area contributed by atoms with Gasteiger partial charge in [-0.05, 0) is 53.2 Å². The summed E-state index contributed by atoms with van der Waals surface area (Å²) in [6, 6.07) is 6.73. The Kier molecular flexibility index (Phi) is 5.10. The second kappa shape index (κ2) is 7.28. The maximum atomic E-state index is 12.0. The van der Waals surface area contributed by atoms with Crippen molar-refractivity contribution >= 4 is 44.9 Å². The zero-order valence-electron chi connectivity index (χ0n) is 13.1. The van der Waals surface area contributed by atoms with E-state index in [4.69, 9.17) is 4.74 Å². The molecular weight excluding hydrogens is 408 g/mol. The molecule has 1 aromatic heterocycles. The molecule has 1 aromatic carbocycles. The highest BCUT2D eigenvalue weighted by molar-refractivity contribution is 9.10. The van der Waals surface area contributed by atoms with E-state index in [0.717, 1.165) is 22.2 Å². The van der Waals surface area contributed by atoms with Gasteiger partial charge in [0, 0.05) is 23.9 Å². The van der Waals surface area contributed by atoms with Crippen LogP contribution < -0.4 is 4.74 Å². The number of carbonyl (C=O) groups excluding carboxylic acids is 2. The van der Waals surface area contributed by atoms with E-state index in [2.05, 4.69) is 20.9 Å². The summed E-state index contributed by atoms with van der Waals surface area (Å²) in [5, 5.41) is 9.75. The molecule has 1 N–H and O–H groups in total. The first-order valence-corrected chi connectivity index (χ1v) is 8.82. The first-order chi connectivity index (χ1) is 12.0. The van der Waals surface area contributed by atoms with Crippen LogP contribution in [0.4, 0.5) is 4.79 Å². The lowest BCUT2D eigenvalue weighted by atomic mass is 10.2. The molecule has 0 spiro atoms. The number of hydrogen-bond acceptors (Lipinski definition) is 6. The number of phenolic OH excluding ortho intramolecular Hbond substituents is 1. The third-order valence-corrected chi connectivity index (χ3v) is 5.14. The highest BCUT2D eigenvalue weighted by atomic mass is 79.9. The monoisotopic (exact) mass is 420 g/mol. The molecular formula is C17H13BrN2O4S. The van der Waals surface area contributed by atoms with Gasteiger partial charge in [0.1, 0.15) is 6.61 Å². The van der Waals surface area contributed by atoms with Crippen LogP contribution in [-0.4, -0.2) is 33.2 Å². The standard InChI is InChI=1S/C17H13BrN2O4S/c1-20-16(22)15(25-17(20)23)7-11-6-14(13(21)8-12(11)18)24-9-10-2-4-19-5-3-10/h2-8,21H,9H2,1H3/b15-7-. The Morgan fingerprint density at radius 1 is 1.32 bits per heavy atom. The molecule has 8 heteroatoms. The molecule has 1 aliphatic heterocycles. The molecule has 128 valence electrons. The molecule has 0 aliphatic carbocycles. The van der Waals surface area contributed by atoms with Gasteiger partial charge < -0.3 is 9.84 Å². The Morgan fingerprint density at radius 2 is 2.04 bits per heavy atom. The lowest BCUT2D eigenvalue weighted by molar-refractivity contribution is -0.121. The SMILES string of the molecule is CN1C(=O)S/C(=C\c2cc(OCc3ccncc3)c(O)cc2Br)C1=O. The number of imide groups is 1. The molecule has 1 saturated heterocycles. The van der Waals surface area contributed by atoms with Crippen molar-refractivity contribution in [2.75, 3.05) is 7.05 Å². The molecule has 0 bridgehead atoms. The minimum atomic E-state index is -0.353. The number of ether oxygens (including phenoxy) is 1. The zero-order valence-corrected chi connectivity index (χ0v) is 15.5. The molecule has 2 amide bonds. The van der Waals surface area contributed by atoms with Crippen molar-refractivity contribution in [3.63, 3.8) is 0 Å². The van der Waals surface area contributed by atoms with Crippen LogP contribution in [0.1, 0.15) is 11.1 Å². The van der Waals surface area contributed by atoms with Crippen molar-refractivity contribution in [1.29, 1.82) is 0 Å². The van der Waals surface area contributed by atoms with Gasteiger partial charge in [0.15, 0.2) is 11.5 Å². The van der Waals surface area contributed by atoms with E-state index in [-0.39, 0.29) is 29.3 Å². The maximum absolute atomic E-state index is 12.0. The minimum absolute atomic E-state index is 0.0262. The number of likely N-dealkylation sites (N-methyl/N-ethyl adjacent to an activating group) is 1. The largest absolute Gasteiger partial charge is 0.504 e. The number of thioether (sulfide) groups is 1. The lowest BCUT2D eigenvalue weighted by Gasteiger charge is -2.10. The van der Waals surface area contributed by atoms with Crippen molar-refractivity contribution in [2.45, 2.75) is 6.61 Å². The first kappa shape index (κ1) is 17.5. The van der Waals surface area contributed by atoms with Crippen molar-refractivity contribution in [1.82, 2.24) is 9.88 Å². The Balaban J connectivity index is 1.86. The molecule has 0 unspecified atom stereocenters. The van der Waals surface area contributed by atoms with Crippen LogP contribution in [0.3, 0.4) is 0 Å². The summed E-state index contributed by atoms with van der Waals surface area (Å²) < 4.78 is 6.24. The predicted octanol–water partition coefficient (Wildman–Crippen LogP) is 3.79. The number of rotatable bonds is 4. The number of phenols is 1. The van der Waals surface area contributed by atoms with E-state index in [0.29, 0.717) is 14.9 Å². The van der Waals surface area contributed by atoms with E-state index in [1.807, 2.05) is 12.1 Å². The van der Waals surface area contributed by atoms with Crippen LogP contribution in [0.25, 0.3) is 6.08 Å². The average Bonchev–Trinajstić information content (AvgIpc) is 2.84. The number of benzene rings is 1. The molecule has 6 nitrogen and oxygen atoms in total. The van der Waals surface area contributed by atoms with Crippen LogP contribution in [0, 0.1) is 0 Å². The fraction of sp³-hybridized carbons (Fsp3) is 0.118. The number of aromatic nitrogens is 1. The summed E-state index contributed by atoms with van der Waals surface area (Å²) in [6.45, 7) is 0.266. The summed E-state index contributed by atoms with van der Waals surface area (Å²) in [5.41, 5.74) is 1.53. The van der Waals surface area contributed by atoms with E-state index < -0.39 is 0 Å². The van der Waals surface area contributed by atoms with E-state index >= 15 is 0 Å². The fourth-order valence-corrected chi connectivity index (χ4v) is 3.38. The average molecular weight is 421 g/mol. The first-order valence-electron chi connectivity index (χ1n) is 7.21. The molecule has 2 aromatic rings. The number of halogens is 1. The molecule has 0 saturated carbocycles. The molecule has 25 heavy (non-hydrogen) atoms. The third-order valence-electron chi connectivity index (χ3n) is 3.50. The van der Waals surface area contributed by atoms with Gasteiger partial charge in [-0.25, -0.2) is 0 Å². The van der Waals surface area contributed by atoms with Gasteiger partial charge in [-0.2, -0.15) is 0 Å². The van der Waals surface area contributed by atoms with Crippen molar-refractivity contribution in [3.8, 4) is 11.5 Å². The predicted molar refractivity (Wildman–Crippen MR) is 98.1 cm³/mol. The summed E-state index contributed by atoms with van der Waals surface area (Å²) in [7, 11) is 1.44. The number of nitrogens with zero attached hydrogens (tertiary/aromatic N) is 2. The highest BCUT2D eigenvalue weighted by Gasteiger charge is 2.32. The summed E-state index contributed by atoms with van der Waals surface area (Å²) in [6.07, 6.45) is 4.91. The number of pyridine rings is 1. The quantitative estimate of drug-likeness (QED) is 0.757. The van der Waals surface area contributed by atoms with Crippen molar-refractivity contribution in [3.05, 3.63) is 57.2 Å². The second-order valence-electron chi connectivity index (χ2n) is 5.23. The number of amides is 2. The van der Waals surface area contributed by atoms with Crippen molar-refractivity contribution in [2.24, 2.45) is 0 Å². The lowest BCUT2D eigenvalue weighted by Crippen LogP contribution is -2.22. The molecule has 0 radical (unpaired) electrons. The van der Waals surface area contributed by atoms with Gasteiger partial charge in [0.2, 0.25) is 0 Å². The molecule has 1 fully saturated rings. The smallest absolute Gasteiger partial charge is 0.293 e. The van der Waals surface area contributed by atoms with Gasteiger partial charge >= 0.3 is 0 Å². The summed E-state index contributed by atoms with van der Waals surface area (Å²) in [5.74, 6) is -0.0992. The van der Waals surface area contributed by atoms with Gasteiger partial charge in [0.25, 0.3) is 11.1 Å². The Hall–Kier alpha value is -2.32. The number of carbonyl (C=O) groups is 2. The Morgan fingerprint density at radius 3 is 2.68 bits per heavy atom. The van der Waals surface area contributed by atoms with Crippen LogP contribution in [0.5, 0.6) is 11.5 Å². The zero-order chi connectivity index (χ0) is 18.0. The van der Waals surface area contributed by atoms with Gasteiger partial charge in [-0.15, -0.1) is 0 Å². The fourth-order valence-electron chi connectivity index (χ4n) is 2.11. The number of hydrogen-bond donors (Lipinski definition) is 1. The van der Waals surface area contributed by atoms with E-state index in [1.165, 1.54) is 13.1 Å². The van der Waals surface area contributed by atoms with E-state index in [1.54, 1.807) is 24.5 Å². The molecule has 3 rings (SSSR count). The van der Waals surface area contributed by atoms with Crippen molar-refractivity contribution < 1.29 is 19.4 Å². The normalized spacial score (nSPS) is 15.9. The molecule has 1 aliphatic rings. The Bertz CT molecular complexity index is 870. The van der Waals surface area contributed by atoms with Gasteiger partial charge in [0.05, 0.1) is 4.91 Å².